The summed E-state index contributed by atoms with van der Waals surface area (Å²) in [7, 11) is -3.14. The first kappa shape index (κ1) is 20.9. The smallest absolute Gasteiger partial charge is 0.239 e. The van der Waals surface area contributed by atoms with Crippen LogP contribution in [0.25, 0.3) is 0 Å². The second-order valence-corrected chi connectivity index (χ2v) is 9.44. The van der Waals surface area contributed by atoms with E-state index < -0.39 is 15.9 Å². The number of benzene rings is 1. The predicted octanol–water partition coefficient (Wildman–Crippen LogP) is 1.31. The van der Waals surface area contributed by atoms with E-state index in [9.17, 15) is 13.2 Å². The highest BCUT2D eigenvalue weighted by atomic mass is 32.2. The van der Waals surface area contributed by atoms with Crippen LogP contribution < -0.4 is 5.73 Å². The number of aryl methyl sites for hydroxylation is 1. The van der Waals surface area contributed by atoms with Gasteiger partial charge in [0.05, 0.1) is 17.9 Å². The number of sulfone groups is 1. The van der Waals surface area contributed by atoms with Gasteiger partial charge in [-0.3, -0.25) is 4.79 Å². The van der Waals surface area contributed by atoms with Gasteiger partial charge >= 0.3 is 0 Å². The van der Waals surface area contributed by atoms with Crippen molar-refractivity contribution in [3.8, 4) is 0 Å². The summed E-state index contributed by atoms with van der Waals surface area (Å²) in [6.07, 6.45) is 4.02. The Balaban J connectivity index is 1.98. The maximum Gasteiger partial charge on any atom is 0.239 e. The highest BCUT2D eigenvalue weighted by Crippen LogP contribution is 2.15. The standard InChI is InChI=1S/C19H30N2O4S/c1-15-5-7-16(8-6-15)9-11-21(14-17-4-3-12-25-17)19(22)18(20)10-13-26(2,23)24/h5-8,17-18H,3-4,9-14,20H2,1-2H3. The van der Waals surface area contributed by atoms with Gasteiger partial charge in [-0.2, -0.15) is 0 Å². The third-order valence-electron chi connectivity index (χ3n) is 4.67. The van der Waals surface area contributed by atoms with E-state index in [-0.39, 0.29) is 24.2 Å². The molecule has 2 unspecified atom stereocenters. The molecule has 2 N–H and O–H groups in total. The molecule has 2 rings (SSSR count). The Kier molecular flexibility index (Phi) is 7.61. The number of nitrogens with two attached hydrogens (primary N) is 1. The zero-order valence-electron chi connectivity index (χ0n) is 15.7. The maximum atomic E-state index is 12.8. The number of amides is 1. The van der Waals surface area contributed by atoms with Crippen molar-refractivity contribution < 1.29 is 17.9 Å². The van der Waals surface area contributed by atoms with E-state index in [2.05, 4.69) is 24.3 Å². The number of hydrogen-bond donors (Lipinski definition) is 1. The lowest BCUT2D eigenvalue weighted by Gasteiger charge is -2.28. The average molecular weight is 383 g/mol. The first-order valence-electron chi connectivity index (χ1n) is 9.14. The van der Waals surface area contributed by atoms with Gasteiger partial charge in [0.2, 0.25) is 5.91 Å². The minimum absolute atomic E-state index is 0.0408. The molecule has 7 heteroatoms. The van der Waals surface area contributed by atoms with Crippen molar-refractivity contribution in [1.29, 1.82) is 0 Å². The number of carbonyl (C=O) groups is 1. The summed E-state index contributed by atoms with van der Waals surface area (Å²) >= 11 is 0. The van der Waals surface area contributed by atoms with Gasteiger partial charge in [0.1, 0.15) is 9.84 Å². The van der Waals surface area contributed by atoms with E-state index in [1.165, 1.54) is 5.56 Å². The van der Waals surface area contributed by atoms with E-state index in [1.54, 1.807) is 4.90 Å². The van der Waals surface area contributed by atoms with Crippen LogP contribution in [-0.4, -0.2) is 63.1 Å². The molecule has 0 aliphatic carbocycles. The molecule has 1 heterocycles. The maximum absolute atomic E-state index is 12.8. The largest absolute Gasteiger partial charge is 0.376 e. The van der Waals surface area contributed by atoms with Crippen LogP contribution in [0.4, 0.5) is 0 Å². The van der Waals surface area contributed by atoms with E-state index in [1.807, 2.05) is 6.92 Å². The molecular weight excluding hydrogens is 352 g/mol. The summed E-state index contributed by atoms with van der Waals surface area (Å²) in [5, 5.41) is 0. The third kappa shape index (κ3) is 7.05. The van der Waals surface area contributed by atoms with Crippen LogP contribution >= 0.6 is 0 Å². The summed E-state index contributed by atoms with van der Waals surface area (Å²) < 4.78 is 28.4. The summed E-state index contributed by atoms with van der Waals surface area (Å²) in [4.78, 5) is 14.5. The number of hydrogen-bond acceptors (Lipinski definition) is 5. The molecule has 2 atom stereocenters. The second-order valence-electron chi connectivity index (χ2n) is 7.18. The van der Waals surface area contributed by atoms with E-state index in [0.717, 1.165) is 37.7 Å². The molecule has 0 bridgehead atoms. The van der Waals surface area contributed by atoms with E-state index >= 15 is 0 Å². The minimum atomic E-state index is -3.14. The fourth-order valence-electron chi connectivity index (χ4n) is 3.04. The first-order chi connectivity index (χ1) is 12.2. The predicted molar refractivity (Wildman–Crippen MR) is 103 cm³/mol. The number of rotatable bonds is 9. The van der Waals surface area contributed by atoms with Crippen molar-refractivity contribution in [3.63, 3.8) is 0 Å². The average Bonchev–Trinajstić information content (AvgIpc) is 3.09. The molecule has 1 aliphatic heterocycles. The Hall–Kier alpha value is -1.44. The molecule has 1 aromatic carbocycles. The molecule has 0 aromatic heterocycles. The van der Waals surface area contributed by atoms with Gasteiger partial charge in [0.25, 0.3) is 0 Å². The van der Waals surface area contributed by atoms with Crippen LogP contribution in [0.2, 0.25) is 0 Å². The molecule has 26 heavy (non-hydrogen) atoms. The van der Waals surface area contributed by atoms with Crippen LogP contribution in [0.3, 0.4) is 0 Å². The Morgan fingerprint density at radius 1 is 1.35 bits per heavy atom. The number of carbonyl (C=O) groups excluding carboxylic acids is 1. The Morgan fingerprint density at radius 2 is 2.04 bits per heavy atom. The summed E-state index contributed by atoms with van der Waals surface area (Å²) in [6.45, 7) is 3.83. The molecule has 0 saturated carbocycles. The Morgan fingerprint density at radius 3 is 2.62 bits per heavy atom. The summed E-state index contributed by atoms with van der Waals surface area (Å²) in [5.41, 5.74) is 8.35. The zero-order valence-corrected chi connectivity index (χ0v) is 16.5. The topological polar surface area (TPSA) is 89.7 Å². The molecule has 1 fully saturated rings. The monoisotopic (exact) mass is 382 g/mol. The fourth-order valence-corrected chi connectivity index (χ4v) is 3.73. The lowest BCUT2D eigenvalue weighted by atomic mass is 10.1. The fraction of sp³-hybridized carbons (Fsp3) is 0.632. The Bertz CT molecular complexity index is 682. The number of ether oxygens (including phenoxy) is 1. The minimum Gasteiger partial charge on any atom is -0.376 e. The molecule has 1 saturated heterocycles. The van der Waals surface area contributed by atoms with Crippen LogP contribution in [-0.2, 0) is 25.8 Å². The Labute approximate surface area is 156 Å². The normalized spacial score (nSPS) is 18.7. The van der Waals surface area contributed by atoms with E-state index in [4.69, 9.17) is 10.5 Å². The van der Waals surface area contributed by atoms with Gasteiger partial charge in [0.15, 0.2) is 0 Å². The van der Waals surface area contributed by atoms with Gasteiger partial charge in [-0.05, 0) is 38.2 Å². The molecular formula is C19H30N2O4S. The van der Waals surface area contributed by atoms with Crippen molar-refractivity contribution in [3.05, 3.63) is 35.4 Å². The van der Waals surface area contributed by atoms with Crippen LogP contribution in [0.15, 0.2) is 24.3 Å². The van der Waals surface area contributed by atoms with Gasteiger partial charge in [-0.25, -0.2) is 8.42 Å². The molecule has 1 aromatic rings. The van der Waals surface area contributed by atoms with Crippen molar-refractivity contribution in [2.75, 3.05) is 31.7 Å². The van der Waals surface area contributed by atoms with Gasteiger partial charge in [-0.15, -0.1) is 0 Å². The van der Waals surface area contributed by atoms with Gasteiger partial charge < -0.3 is 15.4 Å². The van der Waals surface area contributed by atoms with Crippen LogP contribution in [0.5, 0.6) is 0 Å². The number of nitrogens with zero attached hydrogens (tertiary/aromatic N) is 1. The van der Waals surface area contributed by atoms with Crippen molar-refractivity contribution in [2.45, 2.75) is 44.8 Å². The highest BCUT2D eigenvalue weighted by molar-refractivity contribution is 7.90. The zero-order chi connectivity index (χ0) is 19.2. The molecule has 0 radical (unpaired) electrons. The molecule has 6 nitrogen and oxygen atoms in total. The molecule has 146 valence electrons. The van der Waals surface area contributed by atoms with Crippen molar-refractivity contribution >= 4 is 15.7 Å². The summed E-state index contributed by atoms with van der Waals surface area (Å²) in [5.74, 6) is -0.276. The van der Waals surface area contributed by atoms with E-state index in [0.29, 0.717) is 13.1 Å². The lowest BCUT2D eigenvalue weighted by Crippen LogP contribution is -2.48. The van der Waals surface area contributed by atoms with Crippen LogP contribution in [0.1, 0.15) is 30.4 Å². The lowest BCUT2D eigenvalue weighted by molar-refractivity contribution is -0.134. The van der Waals surface area contributed by atoms with Gasteiger partial charge in [-0.1, -0.05) is 29.8 Å². The SMILES string of the molecule is Cc1ccc(CCN(CC2CCCO2)C(=O)C(N)CCS(C)(=O)=O)cc1. The third-order valence-corrected chi connectivity index (χ3v) is 5.64. The van der Waals surface area contributed by atoms with Crippen molar-refractivity contribution in [2.24, 2.45) is 5.73 Å². The van der Waals surface area contributed by atoms with Crippen LogP contribution in [0, 0.1) is 6.92 Å². The molecule has 0 spiro atoms. The second kappa shape index (κ2) is 9.48. The quantitative estimate of drug-likeness (QED) is 0.695. The summed E-state index contributed by atoms with van der Waals surface area (Å²) in [6, 6.07) is 7.43. The molecule has 1 amide bonds. The first-order valence-corrected chi connectivity index (χ1v) is 11.2. The van der Waals surface area contributed by atoms with Gasteiger partial charge in [0, 0.05) is 26.0 Å². The van der Waals surface area contributed by atoms with Crippen molar-refractivity contribution in [1.82, 2.24) is 4.90 Å². The molecule has 1 aliphatic rings. The highest BCUT2D eigenvalue weighted by Gasteiger charge is 2.26.